The van der Waals surface area contributed by atoms with Crippen molar-refractivity contribution in [3.05, 3.63) is 23.2 Å². The van der Waals surface area contributed by atoms with Gasteiger partial charge in [0.25, 0.3) is 0 Å². The minimum absolute atomic E-state index is 0.171. The number of anilines is 2. The fraction of sp³-hybridized carbons (Fsp3) is 0.308. The highest BCUT2D eigenvalue weighted by Gasteiger charge is 2.12. The molecule has 20 heavy (non-hydrogen) atoms. The molecule has 0 unspecified atom stereocenters. The molecule has 7 heteroatoms. The molecule has 0 aliphatic rings. The van der Waals surface area contributed by atoms with Crippen LogP contribution in [0.1, 0.15) is 13.8 Å². The molecule has 0 aliphatic heterocycles. The first-order valence-electron chi connectivity index (χ1n) is 6.16. The number of nitrogens with one attached hydrogen (secondary N) is 2. The van der Waals surface area contributed by atoms with E-state index in [2.05, 4.69) is 15.4 Å². The van der Waals surface area contributed by atoms with Gasteiger partial charge in [-0.15, -0.1) is 0 Å². The maximum atomic E-state index is 8.82. The van der Waals surface area contributed by atoms with E-state index in [1.165, 1.54) is 0 Å². The van der Waals surface area contributed by atoms with Crippen LogP contribution in [0, 0.1) is 16.7 Å². The normalized spacial score (nSPS) is 10.8. The Morgan fingerprint density at radius 1 is 1.50 bits per heavy atom. The summed E-state index contributed by atoms with van der Waals surface area (Å²) < 4.78 is 0. The molecular formula is C13H17ClN6. The first kappa shape index (κ1) is 15.8. The molecule has 0 atom stereocenters. The number of nitrogens with zero attached hydrogens (tertiary/aromatic N) is 3. The van der Waals surface area contributed by atoms with E-state index in [0.717, 1.165) is 18.8 Å². The summed E-state index contributed by atoms with van der Waals surface area (Å²) in [5, 5.41) is 20.5. The van der Waals surface area contributed by atoms with Crippen molar-refractivity contribution >= 4 is 34.5 Å². The third-order valence-electron chi connectivity index (χ3n) is 2.72. The van der Waals surface area contributed by atoms with Gasteiger partial charge in [-0.05, 0) is 26.0 Å². The Kier molecular flexibility index (Phi) is 5.81. The summed E-state index contributed by atoms with van der Waals surface area (Å²) in [6.45, 7) is 5.62. The second-order valence-electron chi connectivity index (χ2n) is 3.91. The van der Waals surface area contributed by atoms with Crippen LogP contribution in [0.5, 0.6) is 0 Å². The summed E-state index contributed by atoms with van der Waals surface area (Å²) in [4.78, 5) is 2.07. The number of halogens is 1. The zero-order valence-corrected chi connectivity index (χ0v) is 12.2. The summed E-state index contributed by atoms with van der Waals surface area (Å²) in [7, 11) is 0. The average molecular weight is 293 g/mol. The molecule has 0 saturated heterocycles. The van der Waals surface area contributed by atoms with E-state index in [4.69, 9.17) is 28.0 Å². The molecular weight excluding hydrogens is 276 g/mol. The van der Waals surface area contributed by atoms with Gasteiger partial charge in [0.15, 0.2) is 5.84 Å². The monoisotopic (exact) mass is 292 g/mol. The molecule has 1 rings (SSSR count). The fourth-order valence-corrected chi connectivity index (χ4v) is 2.02. The topological polar surface area (TPSA) is 101 Å². The second kappa shape index (κ2) is 7.36. The Labute approximate surface area is 123 Å². The molecule has 6 nitrogen and oxygen atoms in total. The van der Waals surface area contributed by atoms with Crippen molar-refractivity contribution in [1.29, 1.82) is 10.7 Å². The van der Waals surface area contributed by atoms with Crippen molar-refractivity contribution in [1.82, 2.24) is 0 Å². The van der Waals surface area contributed by atoms with Gasteiger partial charge in [0, 0.05) is 13.1 Å². The lowest BCUT2D eigenvalue weighted by Crippen LogP contribution is -2.24. The summed E-state index contributed by atoms with van der Waals surface area (Å²) in [6, 6.07) is 7.13. The predicted molar refractivity (Wildman–Crippen MR) is 83.6 cm³/mol. The third-order valence-corrected chi connectivity index (χ3v) is 3.02. The van der Waals surface area contributed by atoms with Crippen LogP contribution in [-0.2, 0) is 0 Å². The van der Waals surface area contributed by atoms with Crippen molar-refractivity contribution in [2.75, 3.05) is 23.4 Å². The number of rotatable bonds is 6. The van der Waals surface area contributed by atoms with Crippen molar-refractivity contribution in [3.8, 4) is 6.07 Å². The number of hydrogen-bond acceptors (Lipinski definition) is 5. The van der Waals surface area contributed by atoms with Crippen molar-refractivity contribution in [2.24, 2.45) is 10.8 Å². The predicted octanol–water partition coefficient (Wildman–Crippen LogP) is 2.41. The zero-order chi connectivity index (χ0) is 15.1. The quantitative estimate of drug-likeness (QED) is 0.426. The van der Waals surface area contributed by atoms with Crippen molar-refractivity contribution < 1.29 is 0 Å². The minimum atomic E-state index is -0.383. The summed E-state index contributed by atoms with van der Waals surface area (Å²) >= 11 is 6.23. The molecule has 0 aromatic heterocycles. The molecule has 0 amide bonds. The van der Waals surface area contributed by atoms with E-state index >= 15 is 0 Å². The molecule has 0 radical (unpaired) electrons. The summed E-state index contributed by atoms with van der Waals surface area (Å²) in [5.41, 5.74) is 9.30. The minimum Gasteiger partial charge on any atom is -0.382 e. The molecule has 0 spiro atoms. The van der Waals surface area contributed by atoms with E-state index in [9.17, 15) is 0 Å². The van der Waals surface area contributed by atoms with Crippen LogP contribution in [0.15, 0.2) is 23.3 Å². The van der Waals surface area contributed by atoms with Gasteiger partial charge in [-0.2, -0.15) is 10.4 Å². The van der Waals surface area contributed by atoms with Gasteiger partial charge in [-0.3, -0.25) is 10.8 Å². The molecule has 1 aromatic carbocycles. The number of hydrogen-bond donors (Lipinski definition) is 3. The molecule has 0 fully saturated rings. The van der Waals surface area contributed by atoms with Crippen LogP contribution >= 0.6 is 11.6 Å². The molecule has 0 saturated carbocycles. The van der Waals surface area contributed by atoms with Crippen LogP contribution in [0.25, 0.3) is 0 Å². The summed E-state index contributed by atoms with van der Waals surface area (Å²) in [5.74, 6) is -0.383. The lowest BCUT2D eigenvalue weighted by Gasteiger charge is -2.24. The van der Waals surface area contributed by atoms with Gasteiger partial charge in [-0.1, -0.05) is 17.7 Å². The van der Waals surface area contributed by atoms with Crippen LogP contribution in [0.3, 0.4) is 0 Å². The molecule has 0 bridgehead atoms. The van der Waals surface area contributed by atoms with E-state index in [1.807, 2.05) is 13.8 Å². The van der Waals surface area contributed by atoms with Crippen LogP contribution < -0.4 is 16.1 Å². The van der Waals surface area contributed by atoms with E-state index in [0.29, 0.717) is 10.7 Å². The Morgan fingerprint density at radius 2 is 2.15 bits per heavy atom. The molecule has 1 aromatic rings. The second-order valence-corrected chi connectivity index (χ2v) is 4.31. The fourth-order valence-electron chi connectivity index (χ4n) is 1.73. The number of para-hydroxylation sites is 1. The lowest BCUT2D eigenvalue weighted by atomic mass is 10.2. The van der Waals surface area contributed by atoms with Gasteiger partial charge in [-0.25, -0.2) is 0 Å². The van der Waals surface area contributed by atoms with E-state index in [1.54, 1.807) is 24.3 Å². The highest BCUT2D eigenvalue weighted by molar-refractivity contribution is 6.45. The number of nitriles is 1. The van der Waals surface area contributed by atoms with E-state index < -0.39 is 0 Å². The highest BCUT2D eigenvalue weighted by atomic mass is 35.5. The highest BCUT2D eigenvalue weighted by Crippen LogP contribution is 2.33. The Morgan fingerprint density at radius 3 is 2.65 bits per heavy atom. The van der Waals surface area contributed by atoms with Gasteiger partial charge in [0.05, 0.1) is 16.4 Å². The first-order valence-corrected chi connectivity index (χ1v) is 6.54. The zero-order valence-electron chi connectivity index (χ0n) is 11.4. The van der Waals surface area contributed by atoms with Crippen LogP contribution in [0.4, 0.5) is 11.4 Å². The van der Waals surface area contributed by atoms with Crippen LogP contribution in [0.2, 0.25) is 5.02 Å². The van der Waals surface area contributed by atoms with Gasteiger partial charge in [0.1, 0.15) is 6.07 Å². The van der Waals surface area contributed by atoms with Crippen molar-refractivity contribution in [2.45, 2.75) is 13.8 Å². The average Bonchev–Trinajstić information content (AvgIpc) is 2.42. The number of amidine groups is 1. The maximum Gasteiger partial charge on any atom is 0.201 e. The third kappa shape index (κ3) is 3.62. The van der Waals surface area contributed by atoms with Gasteiger partial charge < -0.3 is 10.6 Å². The standard InChI is InChI=1S/C13H17ClN6/c1-3-20(4-2)12-9(14)6-5-7-10(12)18-19-11(8-15)13(16)17/h5-7,18H,3-4H2,1-2H3,(H3,16,17)/b19-11+. The smallest absolute Gasteiger partial charge is 0.201 e. The molecule has 4 N–H and O–H groups in total. The lowest BCUT2D eigenvalue weighted by molar-refractivity contribution is 0.866. The molecule has 0 heterocycles. The Balaban J connectivity index is 3.17. The summed E-state index contributed by atoms with van der Waals surface area (Å²) in [6.07, 6.45) is 0. The molecule has 106 valence electrons. The van der Waals surface area contributed by atoms with Crippen LogP contribution in [-0.4, -0.2) is 24.6 Å². The Bertz CT molecular complexity index is 556. The van der Waals surface area contributed by atoms with Crippen molar-refractivity contribution in [3.63, 3.8) is 0 Å². The molecule has 0 aliphatic carbocycles. The first-order chi connectivity index (χ1) is 9.54. The largest absolute Gasteiger partial charge is 0.382 e. The van der Waals surface area contributed by atoms with Gasteiger partial charge >= 0.3 is 0 Å². The van der Waals surface area contributed by atoms with E-state index in [-0.39, 0.29) is 11.5 Å². The number of nitrogens with two attached hydrogens (primary N) is 1. The Hall–Kier alpha value is -2.26. The number of hydrazone groups is 1. The SMILES string of the molecule is CCN(CC)c1c(Cl)cccc1N/N=C(\C#N)C(=N)N. The number of benzene rings is 1. The van der Waals surface area contributed by atoms with Gasteiger partial charge in [0.2, 0.25) is 5.71 Å². The maximum absolute atomic E-state index is 8.82.